The Balaban J connectivity index is 2.31. The van der Waals surface area contributed by atoms with E-state index in [0.717, 1.165) is 28.5 Å². The molecular weight excluding hydrogens is 266 g/mol. The normalized spacial score (nSPS) is 20.1. The topological polar surface area (TPSA) is 32.9 Å². The largest absolute Gasteiger partial charge is 0.352 e. The first kappa shape index (κ1) is 10.1. The molecule has 0 radical (unpaired) electrons. The van der Waals surface area contributed by atoms with Crippen LogP contribution in [0.3, 0.4) is 0 Å². The van der Waals surface area contributed by atoms with Crippen molar-refractivity contribution >= 4 is 32.6 Å². The minimum atomic E-state index is 0.156. The fourth-order valence-electron chi connectivity index (χ4n) is 2.43. The molecule has 0 bridgehead atoms. The number of rotatable bonds is 0. The maximum Gasteiger partial charge on any atom is 0.182 e. The van der Waals surface area contributed by atoms with Crippen molar-refractivity contribution in [3.05, 3.63) is 33.9 Å². The number of halogens is 1. The van der Waals surface area contributed by atoms with Gasteiger partial charge >= 0.3 is 0 Å². The lowest BCUT2D eigenvalue weighted by molar-refractivity contribution is 0.0909. The first-order chi connectivity index (χ1) is 7.66. The zero-order valence-corrected chi connectivity index (χ0v) is 10.6. The van der Waals surface area contributed by atoms with E-state index in [4.69, 9.17) is 0 Å². The molecular formula is C13H12BrNO. The van der Waals surface area contributed by atoms with E-state index in [-0.39, 0.29) is 11.7 Å². The molecule has 1 atom stereocenters. The number of fused-ring (bicyclic) bond motifs is 3. The molecule has 0 saturated carbocycles. The zero-order chi connectivity index (χ0) is 11.3. The third-order valence-electron chi connectivity index (χ3n) is 3.39. The van der Waals surface area contributed by atoms with E-state index in [1.807, 2.05) is 19.1 Å². The molecule has 1 aliphatic carbocycles. The number of benzene rings is 1. The Morgan fingerprint density at radius 2 is 2.25 bits per heavy atom. The van der Waals surface area contributed by atoms with Crippen molar-refractivity contribution < 1.29 is 4.79 Å². The summed E-state index contributed by atoms with van der Waals surface area (Å²) >= 11 is 3.47. The highest BCUT2D eigenvalue weighted by molar-refractivity contribution is 9.10. The van der Waals surface area contributed by atoms with Gasteiger partial charge in [-0.15, -0.1) is 0 Å². The first-order valence-electron chi connectivity index (χ1n) is 5.51. The summed E-state index contributed by atoms with van der Waals surface area (Å²) in [5.74, 6) is 0.414. The summed E-state index contributed by atoms with van der Waals surface area (Å²) in [4.78, 5) is 15.3. The lowest BCUT2D eigenvalue weighted by Crippen LogP contribution is -2.19. The molecule has 3 heteroatoms. The third-order valence-corrected chi connectivity index (χ3v) is 3.88. The average Bonchev–Trinajstić information content (AvgIpc) is 2.62. The zero-order valence-electron chi connectivity index (χ0n) is 9.01. The summed E-state index contributed by atoms with van der Waals surface area (Å²) < 4.78 is 1.06. The van der Waals surface area contributed by atoms with Gasteiger partial charge in [0.05, 0.1) is 5.69 Å². The minimum absolute atomic E-state index is 0.156. The van der Waals surface area contributed by atoms with Gasteiger partial charge in [-0.1, -0.05) is 22.9 Å². The number of aromatic amines is 1. The molecule has 0 fully saturated rings. The van der Waals surface area contributed by atoms with Gasteiger partial charge in [0.25, 0.3) is 0 Å². The molecule has 1 heterocycles. The Kier molecular flexibility index (Phi) is 2.18. The van der Waals surface area contributed by atoms with Crippen molar-refractivity contribution in [2.45, 2.75) is 19.8 Å². The highest BCUT2D eigenvalue weighted by Gasteiger charge is 2.27. The van der Waals surface area contributed by atoms with Crippen LogP contribution in [0.25, 0.3) is 10.9 Å². The number of hydrogen-bond acceptors (Lipinski definition) is 1. The second kappa shape index (κ2) is 3.45. The number of carbonyl (C=O) groups excluding carboxylic acids is 1. The molecule has 1 aromatic carbocycles. The van der Waals surface area contributed by atoms with Gasteiger partial charge in [-0.25, -0.2) is 0 Å². The first-order valence-corrected chi connectivity index (χ1v) is 6.30. The molecule has 1 unspecified atom stereocenters. The van der Waals surface area contributed by atoms with Crippen LogP contribution in [0.15, 0.2) is 22.7 Å². The van der Waals surface area contributed by atoms with Crippen LogP contribution < -0.4 is 0 Å². The molecule has 0 amide bonds. The fourth-order valence-corrected chi connectivity index (χ4v) is 2.79. The molecule has 2 nitrogen and oxygen atoms in total. The standard InChI is InChI=1S/C13H12BrNO/c1-7-2-4-9-10-6-8(14)3-5-11(10)15-12(9)13(7)16/h3,5-7,15H,2,4H2,1H3. The number of aryl methyl sites for hydroxylation is 1. The summed E-state index contributed by atoms with van der Waals surface area (Å²) in [5.41, 5.74) is 3.09. The van der Waals surface area contributed by atoms with Crippen molar-refractivity contribution in [3.63, 3.8) is 0 Å². The maximum absolute atomic E-state index is 12.0. The summed E-state index contributed by atoms with van der Waals surface area (Å²) in [6.07, 6.45) is 1.96. The average molecular weight is 278 g/mol. The number of hydrogen-bond donors (Lipinski definition) is 1. The molecule has 1 aromatic heterocycles. The molecule has 16 heavy (non-hydrogen) atoms. The van der Waals surface area contributed by atoms with Gasteiger partial charge in [-0.2, -0.15) is 0 Å². The fraction of sp³-hybridized carbons (Fsp3) is 0.308. The van der Waals surface area contributed by atoms with E-state index in [2.05, 4.69) is 27.0 Å². The van der Waals surface area contributed by atoms with Crippen molar-refractivity contribution in [3.8, 4) is 0 Å². The summed E-state index contributed by atoms with van der Waals surface area (Å²) in [6.45, 7) is 2.01. The van der Waals surface area contributed by atoms with Gasteiger partial charge in [0.15, 0.2) is 5.78 Å². The van der Waals surface area contributed by atoms with Crippen LogP contribution in [-0.2, 0) is 6.42 Å². The lowest BCUT2D eigenvalue weighted by Gasteiger charge is -2.16. The van der Waals surface area contributed by atoms with Crippen LogP contribution in [0.2, 0.25) is 0 Å². The van der Waals surface area contributed by atoms with E-state index < -0.39 is 0 Å². The van der Waals surface area contributed by atoms with Gasteiger partial charge < -0.3 is 4.98 Å². The third kappa shape index (κ3) is 1.34. The number of ketones is 1. The molecule has 1 N–H and O–H groups in total. The SMILES string of the molecule is CC1CCc2c([nH]c3ccc(Br)cc23)C1=O. The van der Waals surface area contributed by atoms with Gasteiger partial charge in [0, 0.05) is 21.3 Å². The maximum atomic E-state index is 12.0. The highest BCUT2D eigenvalue weighted by Crippen LogP contribution is 2.32. The van der Waals surface area contributed by atoms with Crippen molar-refractivity contribution in [1.29, 1.82) is 0 Å². The van der Waals surface area contributed by atoms with E-state index in [0.29, 0.717) is 0 Å². The van der Waals surface area contributed by atoms with Gasteiger partial charge in [-0.05, 0) is 36.6 Å². The Hall–Kier alpha value is -1.09. The Morgan fingerprint density at radius 1 is 1.44 bits per heavy atom. The molecule has 82 valence electrons. The predicted molar refractivity (Wildman–Crippen MR) is 67.8 cm³/mol. The van der Waals surface area contributed by atoms with E-state index in [1.54, 1.807) is 0 Å². The van der Waals surface area contributed by atoms with E-state index >= 15 is 0 Å². The van der Waals surface area contributed by atoms with Crippen LogP contribution in [0, 0.1) is 5.92 Å². The van der Waals surface area contributed by atoms with Gasteiger partial charge in [0.2, 0.25) is 0 Å². The summed E-state index contributed by atoms with van der Waals surface area (Å²) in [6, 6.07) is 6.11. The van der Waals surface area contributed by atoms with Crippen molar-refractivity contribution in [1.82, 2.24) is 4.98 Å². The molecule has 0 saturated heterocycles. The van der Waals surface area contributed by atoms with Crippen LogP contribution in [0.4, 0.5) is 0 Å². The van der Waals surface area contributed by atoms with E-state index in [9.17, 15) is 4.79 Å². The highest BCUT2D eigenvalue weighted by atomic mass is 79.9. The number of Topliss-reactive ketones (excluding diaryl/α,β-unsaturated/α-hetero) is 1. The van der Waals surface area contributed by atoms with Gasteiger partial charge in [-0.3, -0.25) is 4.79 Å². The van der Waals surface area contributed by atoms with Crippen molar-refractivity contribution in [2.24, 2.45) is 5.92 Å². The number of H-pyrrole nitrogens is 1. The van der Waals surface area contributed by atoms with Crippen LogP contribution in [-0.4, -0.2) is 10.8 Å². The second-order valence-corrected chi connectivity index (χ2v) is 5.39. The number of nitrogens with one attached hydrogen (secondary N) is 1. The smallest absolute Gasteiger partial charge is 0.182 e. The van der Waals surface area contributed by atoms with E-state index in [1.165, 1.54) is 10.9 Å². The number of aromatic nitrogens is 1. The Morgan fingerprint density at radius 3 is 3.06 bits per heavy atom. The molecule has 2 aromatic rings. The van der Waals surface area contributed by atoms with Crippen LogP contribution >= 0.6 is 15.9 Å². The molecule has 0 spiro atoms. The minimum Gasteiger partial charge on any atom is -0.352 e. The Labute approximate surface area is 102 Å². The van der Waals surface area contributed by atoms with Crippen molar-refractivity contribution in [2.75, 3.05) is 0 Å². The van der Waals surface area contributed by atoms with Crippen LogP contribution in [0.5, 0.6) is 0 Å². The Bertz CT molecular complexity index is 585. The monoisotopic (exact) mass is 277 g/mol. The lowest BCUT2D eigenvalue weighted by atomic mass is 9.87. The molecule has 1 aliphatic rings. The quantitative estimate of drug-likeness (QED) is 0.783. The predicted octanol–water partition coefficient (Wildman–Crippen LogP) is 3.70. The number of carbonyl (C=O) groups is 1. The molecule has 3 rings (SSSR count). The summed E-state index contributed by atoms with van der Waals surface area (Å²) in [7, 11) is 0. The van der Waals surface area contributed by atoms with Gasteiger partial charge in [0.1, 0.15) is 0 Å². The molecule has 0 aliphatic heterocycles. The summed E-state index contributed by atoms with van der Waals surface area (Å²) in [5, 5.41) is 1.18. The second-order valence-electron chi connectivity index (χ2n) is 4.47. The van der Waals surface area contributed by atoms with Crippen LogP contribution in [0.1, 0.15) is 29.4 Å².